The predicted octanol–water partition coefficient (Wildman–Crippen LogP) is -1.49. The van der Waals surface area contributed by atoms with Gasteiger partial charge in [-0.05, 0) is 0 Å². The van der Waals surface area contributed by atoms with Crippen LogP contribution in [-0.2, 0) is 10.0 Å². The molecule has 1 aromatic rings. The fraction of sp³-hybridized carbons (Fsp3) is 0.364. The molecule has 1 aromatic carbocycles. The van der Waals surface area contributed by atoms with Crippen molar-refractivity contribution in [3.8, 4) is 0 Å². The Hall–Kier alpha value is -0.970. The van der Waals surface area contributed by atoms with Crippen LogP contribution in [0.2, 0.25) is 0 Å². The number of carboxylic acid groups (broad SMARTS) is 1. The molecule has 0 fully saturated rings. The van der Waals surface area contributed by atoms with Crippen LogP contribution in [0.5, 0.6) is 0 Å². The molecule has 9 heteroatoms. The zero-order chi connectivity index (χ0) is 15.3. The van der Waals surface area contributed by atoms with Gasteiger partial charge in [0.15, 0.2) is 0 Å². The molecule has 0 bridgehead atoms. The standard InChI is InChI=1S/C11H13F2INO4S/c1-14-7-3-4-8(10(13)9(7)11(16)17)15-20(18,19)6-2-5-12/h3-4,15H,2,5-6H2,1H3,(H,16,17)/q-1. The molecule has 0 atom stereocenters. The van der Waals surface area contributed by atoms with Crippen LogP contribution in [-0.4, -0.2) is 36.9 Å². The van der Waals surface area contributed by atoms with E-state index in [-0.39, 0.29) is 6.42 Å². The van der Waals surface area contributed by atoms with E-state index in [9.17, 15) is 22.0 Å². The first-order chi connectivity index (χ1) is 9.32. The monoisotopic (exact) mass is 420 g/mol. The number of carboxylic acids is 1. The van der Waals surface area contributed by atoms with Gasteiger partial charge in [0.25, 0.3) is 0 Å². The number of aromatic carboxylic acids is 1. The molecule has 0 spiro atoms. The molecular weight excluding hydrogens is 407 g/mol. The molecule has 0 saturated carbocycles. The van der Waals surface area contributed by atoms with Crippen molar-refractivity contribution in [3.05, 3.63) is 27.1 Å². The van der Waals surface area contributed by atoms with Gasteiger partial charge in [0.1, 0.15) is 0 Å². The van der Waals surface area contributed by atoms with Gasteiger partial charge in [-0.2, -0.15) is 0 Å². The van der Waals surface area contributed by atoms with E-state index in [1.807, 2.05) is 4.72 Å². The molecule has 0 aliphatic rings. The summed E-state index contributed by atoms with van der Waals surface area (Å²) in [4.78, 5) is 12.8. The summed E-state index contributed by atoms with van der Waals surface area (Å²) in [5, 5.41) is 8.99. The van der Waals surface area contributed by atoms with E-state index in [1.54, 1.807) is 4.93 Å². The number of rotatable bonds is 7. The Morgan fingerprint density at radius 3 is 2.60 bits per heavy atom. The minimum atomic E-state index is -3.90. The van der Waals surface area contributed by atoms with E-state index < -0.39 is 66.7 Å². The van der Waals surface area contributed by atoms with Crippen LogP contribution >= 0.6 is 0 Å². The predicted molar refractivity (Wildman–Crippen MR) is 66.0 cm³/mol. The Morgan fingerprint density at radius 2 is 2.10 bits per heavy atom. The van der Waals surface area contributed by atoms with Crippen molar-refractivity contribution in [1.29, 1.82) is 0 Å². The molecule has 1 rings (SSSR count). The molecule has 0 saturated heterocycles. The average Bonchev–Trinajstić information content (AvgIpc) is 2.38. The summed E-state index contributed by atoms with van der Waals surface area (Å²) in [7, 11) is -3.90. The van der Waals surface area contributed by atoms with Gasteiger partial charge in [0.2, 0.25) is 0 Å². The molecular formula is C11H13F2INO4S-. The molecule has 0 aliphatic carbocycles. The number of benzene rings is 1. The van der Waals surface area contributed by atoms with Crippen LogP contribution in [0.15, 0.2) is 12.1 Å². The molecule has 0 unspecified atom stereocenters. The van der Waals surface area contributed by atoms with Gasteiger partial charge in [0.05, 0.1) is 0 Å². The average molecular weight is 420 g/mol. The van der Waals surface area contributed by atoms with Crippen molar-refractivity contribution in [2.75, 3.05) is 22.1 Å². The second-order valence-electron chi connectivity index (χ2n) is 3.74. The normalized spacial score (nSPS) is 11.6. The first kappa shape index (κ1) is 17.1. The fourth-order valence-electron chi connectivity index (χ4n) is 1.45. The molecule has 114 valence electrons. The van der Waals surface area contributed by atoms with Crippen molar-refractivity contribution >= 4 is 21.7 Å². The molecule has 0 heterocycles. The van der Waals surface area contributed by atoms with Crippen molar-refractivity contribution in [3.63, 3.8) is 0 Å². The summed E-state index contributed by atoms with van der Waals surface area (Å²) in [5.41, 5.74) is -0.937. The quantitative estimate of drug-likeness (QED) is 0.416. The van der Waals surface area contributed by atoms with Gasteiger partial charge < -0.3 is 0 Å². The van der Waals surface area contributed by atoms with Crippen molar-refractivity contribution < 1.29 is 48.3 Å². The topological polar surface area (TPSA) is 83.5 Å². The minimum absolute atomic E-state index is 0.207. The number of halogens is 3. The molecule has 5 nitrogen and oxygen atoms in total. The number of nitrogens with one attached hydrogen (secondary N) is 1. The van der Waals surface area contributed by atoms with Crippen molar-refractivity contribution in [1.82, 2.24) is 0 Å². The molecule has 0 aromatic heterocycles. The fourth-order valence-corrected chi connectivity index (χ4v) is 4.08. The number of anilines is 1. The zero-order valence-corrected chi connectivity index (χ0v) is 13.5. The Bertz CT molecular complexity index is 607. The SMILES string of the molecule is C[I-]c1ccc(NS(=O)(=O)CCCF)c(F)c1C(=O)O. The van der Waals surface area contributed by atoms with E-state index in [0.29, 0.717) is 3.57 Å². The number of carbonyl (C=O) groups is 1. The molecule has 0 aliphatic heterocycles. The maximum atomic E-state index is 14.1. The van der Waals surface area contributed by atoms with Crippen LogP contribution in [0, 0.1) is 9.39 Å². The Labute approximate surface area is 125 Å². The summed E-state index contributed by atoms with van der Waals surface area (Å²) < 4.78 is 51.5. The third-order valence-corrected chi connectivity index (χ3v) is 5.74. The van der Waals surface area contributed by atoms with Crippen LogP contribution in [0.25, 0.3) is 0 Å². The van der Waals surface area contributed by atoms with Crippen LogP contribution < -0.4 is 25.9 Å². The Kier molecular flexibility index (Phi) is 6.11. The summed E-state index contributed by atoms with van der Waals surface area (Å²) in [6, 6.07) is 2.58. The Morgan fingerprint density at radius 1 is 1.45 bits per heavy atom. The maximum absolute atomic E-state index is 14.1. The molecule has 2 N–H and O–H groups in total. The van der Waals surface area contributed by atoms with Crippen LogP contribution in [0.4, 0.5) is 14.5 Å². The summed E-state index contributed by atoms with van der Waals surface area (Å²) in [5.74, 6) is -3.04. The van der Waals surface area contributed by atoms with Gasteiger partial charge in [-0.1, -0.05) is 0 Å². The van der Waals surface area contributed by atoms with Gasteiger partial charge in [-0.3, -0.25) is 0 Å². The van der Waals surface area contributed by atoms with Crippen LogP contribution in [0.1, 0.15) is 16.8 Å². The van der Waals surface area contributed by atoms with Gasteiger partial charge in [-0.25, -0.2) is 0 Å². The number of alkyl halides is 2. The zero-order valence-electron chi connectivity index (χ0n) is 10.5. The van der Waals surface area contributed by atoms with E-state index >= 15 is 0 Å². The molecule has 0 amide bonds. The van der Waals surface area contributed by atoms with E-state index in [1.165, 1.54) is 12.1 Å². The van der Waals surface area contributed by atoms with Crippen molar-refractivity contribution in [2.24, 2.45) is 0 Å². The Balaban J connectivity index is 3.15. The molecule has 20 heavy (non-hydrogen) atoms. The van der Waals surface area contributed by atoms with Gasteiger partial charge in [-0.15, -0.1) is 0 Å². The van der Waals surface area contributed by atoms with E-state index in [2.05, 4.69) is 0 Å². The van der Waals surface area contributed by atoms with E-state index in [4.69, 9.17) is 5.11 Å². The third kappa shape index (κ3) is 4.27. The second-order valence-corrected chi connectivity index (χ2v) is 7.82. The van der Waals surface area contributed by atoms with E-state index in [0.717, 1.165) is 0 Å². The van der Waals surface area contributed by atoms with Crippen LogP contribution in [0.3, 0.4) is 0 Å². The van der Waals surface area contributed by atoms with Gasteiger partial charge >= 0.3 is 126 Å². The summed E-state index contributed by atoms with van der Waals surface area (Å²) in [6.07, 6.45) is -0.207. The number of sulfonamides is 1. The van der Waals surface area contributed by atoms with Gasteiger partial charge in [0, 0.05) is 0 Å². The summed E-state index contributed by atoms with van der Waals surface area (Å²) >= 11 is -0.667. The second kappa shape index (κ2) is 7.16. The number of hydrogen-bond acceptors (Lipinski definition) is 3. The molecule has 0 radical (unpaired) electrons. The first-order valence-corrected chi connectivity index (χ1v) is 10.3. The third-order valence-electron chi connectivity index (χ3n) is 2.32. The first-order valence-electron chi connectivity index (χ1n) is 5.44. The number of hydrogen-bond donors (Lipinski definition) is 2. The van der Waals surface area contributed by atoms with Crippen molar-refractivity contribution in [2.45, 2.75) is 6.42 Å². The summed E-state index contributed by atoms with van der Waals surface area (Å²) in [6.45, 7) is -0.803.